The quantitative estimate of drug-likeness (QED) is 0.818. The van der Waals surface area contributed by atoms with E-state index < -0.39 is 0 Å². The van der Waals surface area contributed by atoms with Crippen LogP contribution in [0.3, 0.4) is 0 Å². The first-order chi connectivity index (χ1) is 8.50. The molecule has 1 fully saturated rings. The number of hydrogen-bond acceptors (Lipinski definition) is 3. The number of aromatic nitrogens is 1. The minimum Gasteiger partial charge on any atom is -0.363 e. The fraction of sp³-hybridized carbons (Fsp3) is 0.667. The van der Waals surface area contributed by atoms with Gasteiger partial charge in [-0.2, -0.15) is 0 Å². The molecule has 1 aromatic heterocycles. The number of aryl methyl sites for hydroxylation is 1. The first-order valence-electron chi connectivity index (χ1n) is 6.90. The van der Waals surface area contributed by atoms with E-state index >= 15 is 0 Å². The van der Waals surface area contributed by atoms with Crippen molar-refractivity contribution in [3.63, 3.8) is 0 Å². The molecule has 0 spiro atoms. The van der Waals surface area contributed by atoms with Crippen LogP contribution in [-0.2, 0) is 0 Å². The van der Waals surface area contributed by atoms with E-state index in [0.29, 0.717) is 12.1 Å². The molecule has 2 rings (SSSR count). The monoisotopic (exact) mass is 247 g/mol. The number of anilines is 1. The van der Waals surface area contributed by atoms with Gasteiger partial charge in [0.2, 0.25) is 0 Å². The Hall–Kier alpha value is -1.09. The smallest absolute Gasteiger partial charge is 0.130 e. The van der Waals surface area contributed by atoms with Crippen LogP contribution in [0.5, 0.6) is 0 Å². The SMILES string of the molecule is Cc1cc([C@@H]2CCCN2C(C)C)cnc1N(C)C. The van der Waals surface area contributed by atoms with Crippen molar-refractivity contribution in [1.29, 1.82) is 0 Å². The van der Waals surface area contributed by atoms with Gasteiger partial charge in [-0.1, -0.05) is 0 Å². The highest BCUT2D eigenvalue weighted by Gasteiger charge is 2.28. The Kier molecular flexibility index (Phi) is 3.91. The standard InChI is InChI=1S/C15H25N3/c1-11(2)18-8-6-7-14(18)13-9-12(3)15(16-10-13)17(4)5/h9-11,14H,6-8H2,1-5H3/t14-/m0/s1. The number of hydrogen-bond donors (Lipinski definition) is 0. The van der Waals surface area contributed by atoms with E-state index in [1.165, 1.54) is 30.5 Å². The van der Waals surface area contributed by atoms with E-state index in [1.807, 2.05) is 14.1 Å². The molecule has 0 unspecified atom stereocenters. The van der Waals surface area contributed by atoms with Gasteiger partial charge in [-0.3, -0.25) is 4.90 Å². The summed E-state index contributed by atoms with van der Waals surface area (Å²) in [4.78, 5) is 9.28. The average molecular weight is 247 g/mol. The molecule has 2 heterocycles. The van der Waals surface area contributed by atoms with Crippen LogP contribution in [0.4, 0.5) is 5.82 Å². The number of likely N-dealkylation sites (tertiary alicyclic amines) is 1. The molecular formula is C15H25N3. The highest BCUT2D eigenvalue weighted by molar-refractivity contribution is 5.46. The van der Waals surface area contributed by atoms with Crippen LogP contribution in [0.1, 0.15) is 43.9 Å². The third-order valence-corrected chi connectivity index (χ3v) is 3.84. The molecule has 3 heteroatoms. The molecule has 0 bridgehead atoms. The second kappa shape index (κ2) is 5.27. The lowest BCUT2D eigenvalue weighted by molar-refractivity contribution is 0.205. The van der Waals surface area contributed by atoms with Crippen LogP contribution >= 0.6 is 0 Å². The Morgan fingerprint density at radius 1 is 1.39 bits per heavy atom. The Morgan fingerprint density at radius 3 is 2.67 bits per heavy atom. The summed E-state index contributed by atoms with van der Waals surface area (Å²) in [6.07, 6.45) is 4.63. The van der Waals surface area contributed by atoms with Crippen molar-refractivity contribution in [3.8, 4) is 0 Å². The predicted molar refractivity (Wildman–Crippen MR) is 77.1 cm³/mol. The normalized spacial score (nSPS) is 20.7. The fourth-order valence-corrected chi connectivity index (χ4v) is 3.00. The van der Waals surface area contributed by atoms with Crippen molar-refractivity contribution in [2.75, 3.05) is 25.5 Å². The Morgan fingerprint density at radius 2 is 2.11 bits per heavy atom. The summed E-state index contributed by atoms with van der Waals surface area (Å²) in [7, 11) is 4.09. The zero-order valence-corrected chi connectivity index (χ0v) is 12.3. The molecular weight excluding hydrogens is 222 g/mol. The first kappa shape index (κ1) is 13.3. The van der Waals surface area contributed by atoms with Crippen LogP contribution in [0.25, 0.3) is 0 Å². The molecule has 0 aliphatic carbocycles. The molecule has 0 aromatic carbocycles. The summed E-state index contributed by atoms with van der Waals surface area (Å²) in [6.45, 7) is 7.94. The Bertz CT molecular complexity index is 412. The van der Waals surface area contributed by atoms with Crippen LogP contribution < -0.4 is 4.90 Å². The average Bonchev–Trinajstić information content (AvgIpc) is 2.77. The van der Waals surface area contributed by atoms with Gasteiger partial charge in [0.05, 0.1) is 0 Å². The van der Waals surface area contributed by atoms with Crippen molar-refractivity contribution < 1.29 is 0 Å². The van der Waals surface area contributed by atoms with Gasteiger partial charge < -0.3 is 4.90 Å². The van der Waals surface area contributed by atoms with E-state index in [2.05, 4.69) is 47.8 Å². The third kappa shape index (κ3) is 2.51. The topological polar surface area (TPSA) is 19.4 Å². The molecule has 1 saturated heterocycles. The molecule has 3 nitrogen and oxygen atoms in total. The molecule has 0 radical (unpaired) electrons. The summed E-state index contributed by atoms with van der Waals surface area (Å²) in [5.41, 5.74) is 2.65. The van der Waals surface area contributed by atoms with E-state index in [0.717, 1.165) is 5.82 Å². The molecule has 1 aliphatic rings. The minimum atomic E-state index is 0.562. The largest absolute Gasteiger partial charge is 0.363 e. The summed E-state index contributed by atoms with van der Waals surface area (Å²) in [5.74, 6) is 1.08. The van der Waals surface area contributed by atoms with Crippen molar-refractivity contribution >= 4 is 5.82 Å². The van der Waals surface area contributed by atoms with E-state index in [1.54, 1.807) is 0 Å². The fourth-order valence-electron chi connectivity index (χ4n) is 3.00. The number of rotatable bonds is 3. The van der Waals surface area contributed by atoms with Crippen LogP contribution in [0, 0.1) is 6.92 Å². The second-order valence-electron chi connectivity index (χ2n) is 5.79. The van der Waals surface area contributed by atoms with Gasteiger partial charge in [-0.15, -0.1) is 0 Å². The molecule has 1 atom stereocenters. The maximum Gasteiger partial charge on any atom is 0.130 e. The highest BCUT2D eigenvalue weighted by atomic mass is 15.2. The molecule has 0 N–H and O–H groups in total. The summed E-state index contributed by atoms with van der Waals surface area (Å²) in [6, 6.07) is 3.49. The van der Waals surface area contributed by atoms with Gasteiger partial charge in [0.1, 0.15) is 5.82 Å². The minimum absolute atomic E-state index is 0.562. The van der Waals surface area contributed by atoms with Crippen molar-refractivity contribution in [1.82, 2.24) is 9.88 Å². The van der Waals surface area contributed by atoms with Gasteiger partial charge in [0.15, 0.2) is 0 Å². The van der Waals surface area contributed by atoms with Crippen molar-refractivity contribution in [2.45, 2.75) is 45.7 Å². The number of pyridine rings is 1. The molecule has 0 amide bonds. The zero-order chi connectivity index (χ0) is 13.3. The van der Waals surface area contributed by atoms with Crippen LogP contribution in [-0.4, -0.2) is 36.6 Å². The highest BCUT2D eigenvalue weighted by Crippen LogP contribution is 2.34. The van der Waals surface area contributed by atoms with Gasteiger partial charge in [0.25, 0.3) is 0 Å². The van der Waals surface area contributed by atoms with E-state index in [4.69, 9.17) is 0 Å². The summed E-state index contributed by atoms with van der Waals surface area (Å²) >= 11 is 0. The van der Waals surface area contributed by atoms with Crippen LogP contribution in [0.2, 0.25) is 0 Å². The van der Waals surface area contributed by atoms with Gasteiger partial charge >= 0.3 is 0 Å². The maximum atomic E-state index is 4.62. The van der Waals surface area contributed by atoms with Gasteiger partial charge in [0, 0.05) is 32.4 Å². The lowest BCUT2D eigenvalue weighted by atomic mass is 10.0. The molecule has 0 saturated carbocycles. The predicted octanol–water partition coefficient (Wildman–Crippen LogP) is 3.00. The van der Waals surface area contributed by atoms with Gasteiger partial charge in [-0.05, 0) is 57.4 Å². The summed E-state index contributed by atoms with van der Waals surface area (Å²) < 4.78 is 0. The number of nitrogens with zero attached hydrogens (tertiary/aromatic N) is 3. The molecule has 100 valence electrons. The molecule has 18 heavy (non-hydrogen) atoms. The Balaban J connectivity index is 2.26. The first-order valence-corrected chi connectivity index (χ1v) is 6.90. The Labute approximate surface area is 111 Å². The lowest BCUT2D eigenvalue weighted by Gasteiger charge is -2.29. The van der Waals surface area contributed by atoms with E-state index in [9.17, 15) is 0 Å². The van der Waals surface area contributed by atoms with Crippen molar-refractivity contribution in [3.05, 3.63) is 23.4 Å². The molecule has 1 aromatic rings. The zero-order valence-electron chi connectivity index (χ0n) is 12.3. The second-order valence-corrected chi connectivity index (χ2v) is 5.79. The van der Waals surface area contributed by atoms with E-state index in [-0.39, 0.29) is 0 Å². The molecule has 1 aliphatic heterocycles. The van der Waals surface area contributed by atoms with Gasteiger partial charge in [-0.25, -0.2) is 4.98 Å². The summed E-state index contributed by atoms with van der Waals surface area (Å²) in [5, 5.41) is 0. The lowest BCUT2D eigenvalue weighted by Crippen LogP contribution is -2.30. The maximum absolute atomic E-state index is 4.62. The third-order valence-electron chi connectivity index (χ3n) is 3.84. The van der Waals surface area contributed by atoms with Crippen LogP contribution in [0.15, 0.2) is 12.3 Å². The van der Waals surface area contributed by atoms with Crippen molar-refractivity contribution in [2.24, 2.45) is 0 Å².